The Morgan fingerprint density at radius 1 is 1.44 bits per heavy atom. The van der Waals surface area contributed by atoms with Gasteiger partial charge in [-0.2, -0.15) is 4.99 Å². The van der Waals surface area contributed by atoms with Gasteiger partial charge in [0.15, 0.2) is 0 Å². The molecule has 0 fully saturated rings. The number of aliphatic imine (C=N–C) groups is 1. The molecule has 0 radical (unpaired) electrons. The first-order valence-corrected chi connectivity index (χ1v) is 6.24. The molecule has 0 amide bonds. The number of nitrogens with zero attached hydrogens (tertiary/aromatic N) is 1. The van der Waals surface area contributed by atoms with Crippen LogP contribution in [0.15, 0.2) is 39.2 Å². The van der Waals surface area contributed by atoms with E-state index in [1.807, 2.05) is 24.3 Å². The number of thioether (sulfide) groups is 1. The van der Waals surface area contributed by atoms with Gasteiger partial charge in [0.2, 0.25) is 0 Å². The minimum atomic E-state index is 0.791. The fourth-order valence-corrected chi connectivity index (χ4v) is 1.80. The van der Waals surface area contributed by atoms with Crippen molar-refractivity contribution < 1.29 is 4.74 Å². The van der Waals surface area contributed by atoms with Crippen LogP contribution in [0.3, 0.4) is 0 Å². The van der Waals surface area contributed by atoms with Crippen LogP contribution >= 0.6 is 24.4 Å². The van der Waals surface area contributed by atoms with Crippen LogP contribution < -0.4 is 4.74 Å². The molecular formula is C12H13NOS2. The first-order chi connectivity index (χ1) is 7.76. The zero-order chi connectivity index (χ0) is 11.8. The number of thiol groups is 1. The Labute approximate surface area is 106 Å². The number of ether oxygens (including phenoxy) is 1. The van der Waals surface area contributed by atoms with Gasteiger partial charge in [0, 0.05) is 5.87 Å². The zero-order valence-electron chi connectivity index (χ0n) is 9.23. The molecule has 2 nitrogen and oxygen atoms in total. The maximum Gasteiger partial charge on any atom is 0.119 e. The van der Waals surface area contributed by atoms with Crippen LogP contribution in [0.2, 0.25) is 0 Å². The Morgan fingerprint density at radius 2 is 2.12 bits per heavy atom. The quantitative estimate of drug-likeness (QED) is 0.501. The average molecular weight is 251 g/mol. The molecule has 0 atom stereocenters. The minimum Gasteiger partial charge on any atom is -0.497 e. The van der Waals surface area contributed by atoms with Crippen molar-refractivity contribution in [2.45, 2.75) is 6.92 Å². The lowest BCUT2D eigenvalue weighted by molar-refractivity contribution is 0.415. The average Bonchev–Trinajstić information content (AvgIpc) is 2.30. The van der Waals surface area contributed by atoms with Crippen molar-refractivity contribution in [3.05, 3.63) is 34.2 Å². The Kier molecular flexibility index (Phi) is 5.91. The zero-order valence-corrected chi connectivity index (χ0v) is 10.9. The molecule has 1 aromatic rings. The summed E-state index contributed by atoms with van der Waals surface area (Å²) in [7, 11) is 1.63. The Balaban J connectivity index is 2.79. The summed E-state index contributed by atoms with van der Waals surface area (Å²) in [5.41, 5.74) is 3.67. The van der Waals surface area contributed by atoms with Gasteiger partial charge in [-0.3, -0.25) is 0 Å². The van der Waals surface area contributed by atoms with Gasteiger partial charge in [-0.05, 0) is 35.7 Å². The maximum atomic E-state index is 5.05. The van der Waals surface area contributed by atoms with E-state index in [9.17, 15) is 0 Å². The summed E-state index contributed by atoms with van der Waals surface area (Å²) < 4.78 is 5.84. The normalized spacial score (nSPS) is 8.94. The van der Waals surface area contributed by atoms with Crippen LogP contribution in [0.5, 0.6) is 5.75 Å². The van der Waals surface area contributed by atoms with E-state index in [4.69, 9.17) is 4.74 Å². The van der Waals surface area contributed by atoms with Crippen molar-refractivity contribution in [3.8, 4) is 5.75 Å². The molecule has 0 bridgehead atoms. The molecule has 0 aromatic heterocycles. The molecule has 1 aromatic carbocycles. The number of hydrogen-bond acceptors (Lipinski definition) is 4. The summed E-state index contributed by atoms with van der Waals surface area (Å²) in [5.74, 6) is 4.51. The number of hydrogen-bond donors (Lipinski definition) is 1. The van der Waals surface area contributed by atoms with Crippen LogP contribution in [0.4, 0.5) is 5.69 Å². The lowest BCUT2D eigenvalue weighted by Gasteiger charge is -1.97. The Morgan fingerprint density at radius 3 is 2.69 bits per heavy atom. The third kappa shape index (κ3) is 4.65. The molecule has 0 unspecified atom stereocenters. The monoisotopic (exact) mass is 251 g/mol. The van der Waals surface area contributed by atoms with E-state index in [1.54, 1.807) is 18.9 Å². The van der Waals surface area contributed by atoms with E-state index in [-0.39, 0.29) is 0 Å². The van der Waals surface area contributed by atoms with Crippen molar-refractivity contribution in [2.24, 2.45) is 4.99 Å². The van der Waals surface area contributed by atoms with E-state index in [0.717, 1.165) is 21.4 Å². The van der Waals surface area contributed by atoms with Crippen molar-refractivity contribution in [2.75, 3.05) is 12.9 Å². The van der Waals surface area contributed by atoms with Gasteiger partial charge < -0.3 is 4.74 Å². The number of rotatable bonds is 4. The van der Waals surface area contributed by atoms with Crippen molar-refractivity contribution in [1.29, 1.82) is 0 Å². The van der Waals surface area contributed by atoms with E-state index in [1.165, 1.54) is 0 Å². The summed E-state index contributed by atoms with van der Waals surface area (Å²) >= 11 is 5.81. The topological polar surface area (TPSA) is 21.6 Å². The second-order valence-electron chi connectivity index (χ2n) is 2.78. The van der Waals surface area contributed by atoms with Crippen molar-refractivity contribution in [1.82, 2.24) is 0 Å². The molecule has 0 N–H and O–H groups in total. The van der Waals surface area contributed by atoms with E-state index in [2.05, 4.69) is 36.1 Å². The fourth-order valence-electron chi connectivity index (χ4n) is 0.970. The van der Waals surface area contributed by atoms with Crippen LogP contribution in [0.1, 0.15) is 6.92 Å². The molecule has 0 aliphatic heterocycles. The first kappa shape index (κ1) is 13.0. The van der Waals surface area contributed by atoms with Gasteiger partial charge in [-0.25, -0.2) is 0 Å². The predicted molar refractivity (Wildman–Crippen MR) is 74.2 cm³/mol. The molecule has 0 saturated heterocycles. The Hall–Kier alpha value is -1.05. The van der Waals surface area contributed by atoms with E-state index >= 15 is 0 Å². The molecule has 0 spiro atoms. The predicted octanol–water partition coefficient (Wildman–Crippen LogP) is 3.68. The second kappa shape index (κ2) is 7.26. The van der Waals surface area contributed by atoms with Crippen LogP contribution in [0.25, 0.3) is 0 Å². The van der Waals surface area contributed by atoms with Crippen molar-refractivity contribution in [3.63, 3.8) is 0 Å². The van der Waals surface area contributed by atoms with Gasteiger partial charge in [-0.1, -0.05) is 6.92 Å². The summed E-state index contributed by atoms with van der Waals surface area (Å²) in [6.45, 7) is 2.06. The fraction of sp³-hybridized carbons (Fsp3) is 0.250. The minimum absolute atomic E-state index is 0.791. The molecule has 0 saturated carbocycles. The van der Waals surface area contributed by atoms with Gasteiger partial charge in [0.25, 0.3) is 0 Å². The summed E-state index contributed by atoms with van der Waals surface area (Å²) in [6, 6.07) is 7.43. The van der Waals surface area contributed by atoms with Gasteiger partial charge in [0.05, 0.1) is 17.0 Å². The van der Waals surface area contributed by atoms with Crippen molar-refractivity contribution >= 4 is 35.9 Å². The maximum absolute atomic E-state index is 5.05. The largest absolute Gasteiger partial charge is 0.497 e. The molecule has 0 heterocycles. The highest BCUT2D eigenvalue weighted by Crippen LogP contribution is 2.17. The number of methoxy groups -OCH3 is 1. The van der Waals surface area contributed by atoms with E-state index < -0.39 is 0 Å². The van der Waals surface area contributed by atoms with Crippen LogP contribution in [-0.2, 0) is 0 Å². The number of benzene rings is 1. The molecular weight excluding hydrogens is 238 g/mol. The second-order valence-corrected chi connectivity index (χ2v) is 4.81. The third-order valence-corrected chi connectivity index (χ3v) is 2.86. The van der Waals surface area contributed by atoms with Crippen LogP contribution in [-0.4, -0.2) is 18.7 Å². The lowest BCUT2D eigenvalue weighted by Crippen LogP contribution is -1.79. The van der Waals surface area contributed by atoms with Gasteiger partial charge in [0.1, 0.15) is 5.75 Å². The SMILES string of the molecule is CCSC(S)=C=C=Nc1ccc(OC)cc1. The first-order valence-electron chi connectivity index (χ1n) is 4.80. The standard InChI is InChI=1S/C12H13NOS2/c1-3-16-12(15)8-9-13-10-4-6-11(14-2)7-5-10/h4-7,15H,3H2,1-2H3. The van der Waals surface area contributed by atoms with E-state index in [0.29, 0.717) is 0 Å². The molecule has 84 valence electrons. The lowest BCUT2D eigenvalue weighted by atomic mass is 10.3. The summed E-state index contributed by atoms with van der Waals surface area (Å²) in [5, 5.41) is 0. The highest BCUT2D eigenvalue weighted by molar-refractivity contribution is 8.15. The third-order valence-electron chi connectivity index (χ3n) is 1.70. The van der Waals surface area contributed by atoms with Crippen LogP contribution in [0, 0.1) is 0 Å². The molecule has 16 heavy (non-hydrogen) atoms. The molecule has 0 aliphatic carbocycles. The highest BCUT2D eigenvalue weighted by atomic mass is 32.2. The molecule has 1 rings (SSSR count). The molecule has 0 aliphatic rings. The smallest absolute Gasteiger partial charge is 0.119 e. The molecule has 4 heteroatoms. The highest BCUT2D eigenvalue weighted by Gasteiger charge is 1.89. The van der Waals surface area contributed by atoms with Gasteiger partial charge >= 0.3 is 0 Å². The van der Waals surface area contributed by atoms with Gasteiger partial charge in [-0.15, -0.1) is 24.4 Å². The summed E-state index contributed by atoms with van der Waals surface area (Å²) in [6.07, 6.45) is 0. The Bertz CT molecular complexity index is 427. The summed E-state index contributed by atoms with van der Waals surface area (Å²) in [4.78, 5) is 4.10.